The molecular weight excluding hydrogens is 737 g/mol. The molecule has 0 aliphatic carbocycles. The van der Waals surface area contributed by atoms with Gasteiger partial charge in [0, 0.05) is 0 Å². The van der Waals surface area contributed by atoms with Gasteiger partial charge in [-0.25, -0.2) is 0 Å². The average molecular weight is 762 g/mol. The van der Waals surface area contributed by atoms with E-state index in [-0.39, 0.29) is 42.0 Å². The maximum absolute atomic E-state index is 2.63. The summed E-state index contributed by atoms with van der Waals surface area (Å²) in [6, 6.07) is 44.7. The zero-order chi connectivity index (χ0) is 32.4. The summed E-state index contributed by atoms with van der Waals surface area (Å²) in [4.78, 5) is 0. The molecule has 3 aliphatic heterocycles. The van der Waals surface area contributed by atoms with Crippen LogP contribution >= 0.6 is 0 Å². The van der Waals surface area contributed by atoms with Crippen LogP contribution in [0.3, 0.4) is 0 Å². The molecule has 2 nitrogen and oxygen atoms in total. The second kappa shape index (κ2) is 8.23. The van der Waals surface area contributed by atoms with Crippen molar-refractivity contribution in [2.24, 2.45) is 0 Å². The van der Waals surface area contributed by atoms with Gasteiger partial charge in [-0.2, -0.15) is 0 Å². The summed E-state index contributed by atoms with van der Waals surface area (Å²) in [5, 5.41) is 11.2. The van der Waals surface area contributed by atoms with E-state index in [4.69, 9.17) is 0 Å². The van der Waals surface area contributed by atoms with Crippen LogP contribution in [0, 0.1) is 0 Å². The first-order valence-electron chi connectivity index (χ1n) is 17.6. The number of fused-ring (bicyclic) bond motifs is 14. The van der Waals surface area contributed by atoms with Crippen molar-refractivity contribution in [3.8, 4) is 0 Å². The van der Waals surface area contributed by atoms with Gasteiger partial charge < -0.3 is 0 Å². The Morgan fingerprint density at radius 2 is 0.880 bits per heavy atom. The van der Waals surface area contributed by atoms with Crippen LogP contribution in [0.15, 0.2) is 115 Å². The SMILES string of the molecule is CC1(C)c2c3c(cc4c2c2cccc5c6ccccc6n4c52)[Se]c2cccc4c2B3c2c(cc3c(c21)c1cccc2c5ccccc5n3c21)[Se]4. The molecule has 5 heteroatoms. The van der Waals surface area contributed by atoms with Crippen LogP contribution in [0.4, 0.5) is 0 Å². The number of rotatable bonds is 0. The van der Waals surface area contributed by atoms with Gasteiger partial charge in [0.05, 0.1) is 0 Å². The molecule has 3 aliphatic rings. The molecule has 0 fully saturated rings. The zero-order valence-corrected chi connectivity index (χ0v) is 30.7. The molecule has 0 N–H and O–H groups in total. The summed E-state index contributed by atoms with van der Waals surface area (Å²) in [7, 11) is 0. The Labute approximate surface area is 299 Å². The first-order valence-corrected chi connectivity index (χ1v) is 21.0. The van der Waals surface area contributed by atoms with Crippen LogP contribution in [0.5, 0.6) is 0 Å². The fourth-order valence-electron chi connectivity index (χ4n) is 11.0. The van der Waals surface area contributed by atoms with E-state index >= 15 is 0 Å². The first kappa shape index (κ1) is 26.1. The number of hydrogen-bond donors (Lipinski definition) is 0. The van der Waals surface area contributed by atoms with Crippen molar-refractivity contribution in [1.29, 1.82) is 0 Å². The van der Waals surface area contributed by atoms with Gasteiger partial charge in [-0.05, 0) is 0 Å². The van der Waals surface area contributed by atoms with Gasteiger partial charge in [-0.15, -0.1) is 0 Å². The van der Waals surface area contributed by atoms with Crippen molar-refractivity contribution in [3.63, 3.8) is 0 Å². The minimum atomic E-state index is -0.207. The zero-order valence-electron chi connectivity index (χ0n) is 27.3. The van der Waals surface area contributed by atoms with E-state index in [1.54, 1.807) is 45.4 Å². The number of benzene rings is 7. The first-order chi connectivity index (χ1) is 24.6. The van der Waals surface area contributed by atoms with Crippen molar-refractivity contribution >= 4 is 147 Å². The molecule has 0 spiro atoms. The third-order valence-electron chi connectivity index (χ3n) is 12.6. The van der Waals surface area contributed by atoms with Crippen molar-refractivity contribution in [2.45, 2.75) is 19.3 Å². The standard InChI is InChI=1S/C45H25BN2Se2/c1-45(2)38-36-26-14-7-12-24-22-10-3-5-16-28(22)47(43(24)26)30(36)20-34-41(38)46-40-32(49-34)18-9-19-33(40)50-35-21-31-37(39(45)42(35)46)27-15-8-13-25-23-11-4-6-17-29(23)48(31)44(25)27/h3-21H,1-2H3. The van der Waals surface area contributed by atoms with Gasteiger partial charge in [0.25, 0.3) is 0 Å². The van der Waals surface area contributed by atoms with Gasteiger partial charge in [-0.1, -0.05) is 0 Å². The second-order valence-electron chi connectivity index (χ2n) is 15.2. The molecule has 0 atom stereocenters. The maximum atomic E-state index is 2.63. The molecule has 14 rings (SSSR count). The third kappa shape index (κ3) is 2.63. The fraction of sp³-hybridized carbons (Fsp3) is 0.0667. The van der Waals surface area contributed by atoms with Crippen LogP contribution in [0.25, 0.3) is 76.2 Å². The quantitative estimate of drug-likeness (QED) is 0.191. The summed E-state index contributed by atoms with van der Waals surface area (Å²) in [5.41, 5.74) is 16.0. The molecular formula is C45H25BN2Se2. The van der Waals surface area contributed by atoms with Crippen molar-refractivity contribution in [2.75, 3.05) is 0 Å². The molecule has 0 saturated heterocycles. The Morgan fingerprint density at radius 3 is 1.40 bits per heavy atom. The van der Waals surface area contributed by atoms with Crippen LogP contribution in [0.2, 0.25) is 0 Å². The summed E-state index contributed by atoms with van der Waals surface area (Å²) < 4.78 is 11.6. The molecule has 0 bridgehead atoms. The normalized spacial score (nSPS) is 15.8. The minimum absolute atomic E-state index is 0.207. The predicted molar refractivity (Wildman–Crippen MR) is 215 cm³/mol. The molecule has 230 valence electrons. The molecule has 0 radical (unpaired) electrons. The van der Waals surface area contributed by atoms with Gasteiger partial charge >= 0.3 is 302 Å². The Hall–Kier alpha value is -4.76. The van der Waals surface area contributed by atoms with E-state index in [0.29, 0.717) is 0 Å². The van der Waals surface area contributed by atoms with E-state index in [9.17, 15) is 0 Å². The average Bonchev–Trinajstić information content (AvgIpc) is 3.86. The summed E-state index contributed by atoms with van der Waals surface area (Å²) in [6.45, 7) is 5.43. The molecule has 0 saturated carbocycles. The monoisotopic (exact) mass is 764 g/mol. The predicted octanol–water partition coefficient (Wildman–Crippen LogP) is 5.08. The van der Waals surface area contributed by atoms with Crippen LogP contribution in [-0.4, -0.2) is 45.4 Å². The Bertz CT molecular complexity index is 3200. The summed E-state index contributed by atoms with van der Waals surface area (Å²) in [5.74, 6) is 0. The van der Waals surface area contributed by atoms with Crippen LogP contribution in [0.1, 0.15) is 25.0 Å². The Kier molecular flexibility index (Phi) is 4.30. The second-order valence-corrected chi connectivity index (χ2v) is 19.7. The van der Waals surface area contributed by atoms with Gasteiger partial charge in [-0.3, -0.25) is 0 Å². The van der Waals surface area contributed by atoms with Crippen molar-refractivity contribution in [1.82, 2.24) is 8.80 Å². The Morgan fingerprint density at radius 1 is 0.440 bits per heavy atom. The third-order valence-corrected chi connectivity index (χ3v) is 17.4. The topological polar surface area (TPSA) is 8.82 Å². The van der Waals surface area contributed by atoms with Crippen molar-refractivity contribution in [3.05, 3.63) is 126 Å². The van der Waals surface area contributed by atoms with E-state index in [0.717, 1.165) is 0 Å². The molecule has 50 heavy (non-hydrogen) atoms. The Balaban J connectivity index is 1.26. The number of nitrogens with zero attached hydrogens (tertiary/aromatic N) is 2. The van der Waals surface area contributed by atoms with E-state index in [2.05, 4.69) is 138 Å². The van der Waals surface area contributed by atoms with Crippen LogP contribution < -0.4 is 34.2 Å². The van der Waals surface area contributed by atoms with E-state index in [1.165, 1.54) is 76.2 Å². The summed E-state index contributed by atoms with van der Waals surface area (Å²) in [6.07, 6.45) is 0. The molecule has 4 aromatic heterocycles. The van der Waals surface area contributed by atoms with Gasteiger partial charge in [0.15, 0.2) is 0 Å². The fourth-order valence-corrected chi connectivity index (χ4v) is 16.4. The number of hydrogen-bond acceptors (Lipinski definition) is 0. The molecule has 0 amide bonds. The molecule has 7 heterocycles. The molecule has 11 aromatic rings. The summed E-state index contributed by atoms with van der Waals surface area (Å²) >= 11 is 0.497. The molecule has 7 aromatic carbocycles. The molecule has 0 unspecified atom stereocenters. The van der Waals surface area contributed by atoms with Crippen LogP contribution in [-0.2, 0) is 5.41 Å². The van der Waals surface area contributed by atoms with E-state index < -0.39 is 0 Å². The number of para-hydroxylation sites is 4. The van der Waals surface area contributed by atoms with Crippen molar-refractivity contribution < 1.29 is 0 Å². The van der Waals surface area contributed by atoms with Gasteiger partial charge in [0.2, 0.25) is 0 Å². The van der Waals surface area contributed by atoms with Gasteiger partial charge in [0.1, 0.15) is 0 Å². The van der Waals surface area contributed by atoms with E-state index in [1.807, 2.05) is 0 Å². The number of aromatic nitrogens is 2.